The van der Waals surface area contributed by atoms with Gasteiger partial charge in [-0.15, -0.1) is 0 Å². The maximum absolute atomic E-state index is 13.8. The number of pyridine rings is 1. The van der Waals surface area contributed by atoms with Crippen LogP contribution in [0.4, 0.5) is 26.0 Å². The number of nitrogens with zero attached hydrogens (tertiary/aromatic N) is 2. The summed E-state index contributed by atoms with van der Waals surface area (Å²) in [5.74, 6) is -1.10. The average Bonchev–Trinajstić information content (AvgIpc) is 2.58. The molecule has 0 unspecified atom stereocenters. The molecule has 1 N–H and O–H groups in total. The second-order valence-electron chi connectivity index (χ2n) is 5.60. The Labute approximate surface area is 139 Å². The molecule has 3 nitrogen and oxygen atoms in total. The number of nitrogens with one attached hydrogen (secondary N) is 1. The Kier molecular flexibility index (Phi) is 4.42. The van der Waals surface area contributed by atoms with Gasteiger partial charge in [-0.2, -0.15) is 0 Å². The molecule has 3 rings (SSSR count). The van der Waals surface area contributed by atoms with Crippen molar-refractivity contribution in [3.63, 3.8) is 0 Å². The lowest BCUT2D eigenvalue weighted by Crippen LogP contribution is -2.08. The quantitative estimate of drug-likeness (QED) is 0.744. The fourth-order valence-electron chi connectivity index (χ4n) is 2.36. The largest absolute Gasteiger partial charge is 0.378 e. The van der Waals surface area contributed by atoms with Gasteiger partial charge in [0.05, 0.1) is 0 Å². The Bertz CT molecular complexity index is 845. The monoisotopic (exact) mass is 325 g/mol. The summed E-state index contributed by atoms with van der Waals surface area (Å²) in [6, 6.07) is 15.5. The Morgan fingerprint density at radius 3 is 2.46 bits per heavy atom. The first kappa shape index (κ1) is 15.9. The van der Waals surface area contributed by atoms with Crippen molar-refractivity contribution in [1.82, 2.24) is 4.98 Å². The van der Waals surface area contributed by atoms with Crippen LogP contribution in [0.25, 0.3) is 11.1 Å². The van der Waals surface area contributed by atoms with E-state index in [0.29, 0.717) is 11.4 Å². The van der Waals surface area contributed by atoms with E-state index in [0.717, 1.165) is 17.4 Å². The van der Waals surface area contributed by atoms with Crippen LogP contribution in [0.15, 0.2) is 60.8 Å². The summed E-state index contributed by atoms with van der Waals surface area (Å²) in [6.07, 6.45) is 1.52. The van der Waals surface area contributed by atoms with Crippen molar-refractivity contribution in [1.29, 1.82) is 0 Å². The van der Waals surface area contributed by atoms with Crippen LogP contribution in [0, 0.1) is 11.6 Å². The van der Waals surface area contributed by atoms with Crippen molar-refractivity contribution in [3.8, 4) is 11.1 Å². The molecule has 24 heavy (non-hydrogen) atoms. The second kappa shape index (κ2) is 6.66. The molecule has 0 aliphatic carbocycles. The van der Waals surface area contributed by atoms with E-state index >= 15 is 0 Å². The third-order valence-electron chi connectivity index (χ3n) is 3.66. The molecule has 122 valence electrons. The van der Waals surface area contributed by atoms with Crippen molar-refractivity contribution in [2.75, 3.05) is 24.3 Å². The Hall–Kier alpha value is -2.95. The van der Waals surface area contributed by atoms with Gasteiger partial charge in [-0.3, -0.25) is 0 Å². The molecule has 0 amide bonds. The Balaban J connectivity index is 1.82. The average molecular weight is 325 g/mol. The van der Waals surface area contributed by atoms with E-state index in [9.17, 15) is 8.78 Å². The third-order valence-corrected chi connectivity index (χ3v) is 3.66. The number of benzene rings is 2. The molecule has 5 heteroatoms. The lowest BCUT2D eigenvalue weighted by molar-refractivity contribution is 0.511. The second-order valence-corrected chi connectivity index (χ2v) is 5.60. The molecular weight excluding hydrogens is 308 g/mol. The van der Waals surface area contributed by atoms with Gasteiger partial charge in [0, 0.05) is 42.8 Å². The first-order valence-electron chi connectivity index (χ1n) is 7.49. The number of hydrogen-bond donors (Lipinski definition) is 1. The van der Waals surface area contributed by atoms with E-state index in [2.05, 4.69) is 10.3 Å². The number of aromatic nitrogens is 1. The lowest BCUT2D eigenvalue weighted by atomic mass is 10.1. The minimum Gasteiger partial charge on any atom is -0.378 e. The fraction of sp³-hybridized carbons (Fsp3) is 0.105. The minimum absolute atomic E-state index is 0.198. The van der Waals surface area contributed by atoms with Gasteiger partial charge in [-0.25, -0.2) is 13.8 Å². The maximum Gasteiger partial charge on any atom is 0.166 e. The summed E-state index contributed by atoms with van der Waals surface area (Å²) in [6.45, 7) is 0. The van der Waals surface area contributed by atoms with E-state index in [4.69, 9.17) is 0 Å². The highest BCUT2D eigenvalue weighted by atomic mass is 19.2. The fourth-order valence-corrected chi connectivity index (χ4v) is 2.36. The Morgan fingerprint density at radius 2 is 1.75 bits per heavy atom. The predicted octanol–water partition coefficient (Wildman–Crippen LogP) is 4.84. The lowest BCUT2D eigenvalue weighted by Gasteiger charge is -2.14. The standard InChI is InChI=1S/C19H17F2N3/c1-24(2)15-6-3-5-14(11-15)23-18-10-9-13(12-22-18)16-7-4-8-17(20)19(16)21/h3-12H,1-2H3,(H,22,23). The van der Waals surface area contributed by atoms with Gasteiger partial charge in [0.2, 0.25) is 0 Å². The third kappa shape index (κ3) is 3.35. The van der Waals surface area contributed by atoms with Gasteiger partial charge in [-0.05, 0) is 36.4 Å². The first-order valence-corrected chi connectivity index (χ1v) is 7.49. The minimum atomic E-state index is -0.866. The molecule has 0 spiro atoms. The summed E-state index contributed by atoms with van der Waals surface area (Å²) < 4.78 is 27.2. The van der Waals surface area contributed by atoms with Crippen molar-refractivity contribution in [2.24, 2.45) is 0 Å². The van der Waals surface area contributed by atoms with Gasteiger partial charge < -0.3 is 10.2 Å². The van der Waals surface area contributed by atoms with Gasteiger partial charge in [0.1, 0.15) is 5.82 Å². The van der Waals surface area contributed by atoms with Gasteiger partial charge in [-0.1, -0.05) is 18.2 Å². The molecule has 0 aliphatic rings. The summed E-state index contributed by atoms with van der Waals surface area (Å²) >= 11 is 0. The number of hydrogen-bond acceptors (Lipinski definition) is 3. The molecular formula is C19H17F2N3. The Morgan fingerprint density at radius 1 is 0.958 bits per heavy atom. The highest BCUT2D eigenvalue weighted by molar-refractivity contribution is 5.67. The molecule has 0 atom stereocenters. The van der Waals surface area contributed by atoms with E-state index in [1.165, 1.54) is 18.3 Å². The highest BCUT2D eigenvalue weighted by Gasteiger charge is 2.10. The zero-order valence-corrected chi connectivity index (χ0v) is 13.4. The van der Waals surface area contributed by atoms with Crippen molar-refractivity contribution in [2.45, 2.75) is 0 Å². The van der Waals surface area contributed by atoms with Crippen molar-refractivity contribution < 1.29 is 8.78 Å². The summed E-state index contributed by atoms with van der Waals surface area (Å²) in [5, 5.41) is 3.20. The van der Waals surface area contributed by atoms with E-state index in [1.54, 1.807) is 12.1 Å². The molecule has 0 bridgehead atoms. The predicted molar refractivity (Wildman–Crippen MR) is 93.6 cm³/mol. The summed E-state index contributed by atoms with van der Waals surface area (Å²) in [4.78, 5) is 6.29. The molecule has 0 saturated carbocycles. The van der Waals surface area contributed by atoms with E-state index < -0.39 is 11.6 Å². The van der Waals surface area contributed by atoms with Gasteiger partial charge in [0.25, 0.3) is 0 Å². The molecule has 1 aromatic heterocycles. The molecule has 0 aliphatic heterocycles. The molecule has 0 radical (unpaired) electrons. The highest BCUT2D eigenvalue weighted by Crippen LogP contribution is 2.26. The van der Waals surface area contributed by atoms with Crippen molar-refractivity contribution in [3.05, 3.63) is 72.4 Å². The molecule has 1 heterocycles. The zero-order valence-electron chi connectivity index (χ0n) is 13.4. The maximum atomic E-state index is 13.8. The number of halogens is 2. The van der Waals surface area contributed by atoms with Crippen LogP contribution in [0.3, 0.4) is 0 Å². The topological polar surface area (TPSA) is 28.2 Å². The SMILES string of the molecule is CN(C)c1cccc(Nc2ccc(-c3cccc(F)c3F)cn2)c1. The van der Waals surface area contributed by atoms with Crippen LogP contribution in [-0.2, 0) is 0 Å². The van der Waals surface area contributed by atoms with Gasteiger partial charge >= 0.3 is 0 Å². The first-order chi connectivity index (χ1) is 11.5. The van der Waals surface area contributed by atoms with Crippen LogP contribution < -0.4 is 10.2 Å². The normalized spacial score (nSPS) is 10.5. The molecule has 0 fully saturated rings. The smallest absolute Gasteiger partial charge is 0.166 e. The van der Waals surface area contributed by atoms with Crippen LogP contribution in [0.2, 0.25) is 0 Å². The van der Waals surface area contributed by atoms with E-state index in [-0.39, 0.29) is 5.56 Å². The van der Waals surface area contributed by atoms with E-state index in [1.807, 2.05) is 43.3 Å². The summed E-state index contributed by atoms with van der Waals surface area (Å²) in [5.41, 5.74) is 2.69. The molecule has 2 aromatic carbocycles. The van der Waals surface area contributed by atoms with Crippen LogP contribution in [0.1, 0.15) is 0 Å². The zero-order chi connectivity index (χ0) is 17.1. The molecule has 3 aromatic rings. The van der Waals surface area contributed by atoms with Crippen LogP contribution in [0.5, 0.6) is 0 Å². The number of rotatable bonds is 4. The van der Waals surface area contributed by atoms with Crippen molar-refractivity contribution >= 4 is 17.2 Å². The van der Waals surface area contributed by atoms with Crippen LogP contribution in [-0.4, -0.2) is 19.1 Å². The number of anilines is 3. The van der Waals surface area contributed by atoms with Gasteiger partial charge in [0.15, 0.2) is 11.6 Å². The summed E-state index contributed by atoms with van der Waals surface area (Å²) in [7, 11) is 3.94. The molecule has 0 saturated heterocycles. The van der Waals surface area contributed by atoms with Crippen LogP contribution >= 0.6 is 0 Å².